The lowest BCUT2D eigenvalue weighted by Crippen LogP contribution is -2.55. The summed E-state index contributed by atoms with van der Waals surface area (Å²) < 4.78 is 26.3. The number of hydroxylamine groups is 2. The Labute approximate surface area is 183 Å². The van der Waals surface area contributed by atoms with Crippen LogP contribution in [0.15, 0.2) is 30.3 Å². The molecule has 0 amide bonds. The van der Waals surface area contributed by atoms with Crippen LogP contribution in [0.25, 0.3) is 0 Å². The third-order valence-corrected chi connectivity index (χ3v) is 9.48. The Balaban J connectivity index is 2.00. The quantitative estimate of drug-likeness (QED) is 0.285. The van der Waals surface area contributed by atoms with Crippen molar-refractivity contribution in [3.8, 4) is 0 Å². The predicted molar refractivity (Wildman–Crippen MR) is 121 cm³/mol. The summed E-state index contributed by atoms with van der Waals surface area (Å²) >= 11 is 0. The molecule has 0 heterocycles. The van der Waals surface area contributed by atoms with Crippen molar-refractivity contribution in [2.75, 3.05) is 13.2 Å². The average molecular weight is 438 g/mol. The van der Waals surface area contributed by atoms with Crippen LogP contribution >= 0.6 is 7.60 Å². The highest BCUT2D eigenvalue weighted by Crippen LogP contribution is 2.67. The molecule has 2 aliphatic rings. The number of rotatable bonds is 10. The molecule has 6 heteroatoms. The largest absolute Gasteiger partial charge is 0.353 e. The summed E-state index contributed by atoms with van der Waals surface area (Å²) in [4.78, 5) is 6.76. The molecule has 1 atom stereocenters. The Hall–Kier alpha value is -0.710. The Morgan fingerprint density at radius 1 is 0.967 bits per heavy atom. The van der Waals surface area contributed by atoms with Crippen molar-refractivity contribution in [3.05, 3.63) is 35.9 Å². The van der Waals surface area contributed by atoms with Crippen LogP contribution < -0.4 is 0 Å². The SMILES string of the molecule is CCOP(=O)(OCC)C1(N(OC(C)c2ccccc2)C2CCCCC2)CCCCC1. The minimum atomic E-state index is -3.40. The summed E-state index contributed by atoms with van der Waals surface area (Å²) in [6, 6.07) is 10.6. The molecule has 0 radical (unpaired) electrons. The first-order valence-corrected chi connectivity index (χ1v) is 13.5. The monoisotopic (exact) mass is 437 g/mol. The van der Waals surface area contributed by atoms with Gasteiger partial charge in [-0.05, 0) is 52.0 Å². The molecular formula is C24H40NO4P. The van der Waals surface area contributed by atoms with E-state index in [0.717, 1.165) is 50.5 Å². The van der Waals surface area contributed by atoms with E-state index in [-0.39, 0.29) is 12.1 Å². The highest BCUT2D eigenvalue weighted by molar-refractivity contribution is 7.55. The van der Waals surface area contributed by atoms with Gasteiger partial charge >= 0.3 is 7.60 Å². The fourth-order valence-electron chi connectivity index (χ4n) is 5.15. The summed E-state index contributed by atoms with van der Waals surface area (Å²) in [6.07, 6.45) is 10.5. The number of hydrogen-bond acceptors (Lipinski definition) is 5. The Kier molecular flexibility index (Phi) is 8.97. The van der Waals surface area contributed by atoms with Crippen molar-refractivity contribution >= 4 is 7.60 Å². The minimum absolute atomic E-state index is 0.122. The summed E-state index contributed by atoms with van der Waals surface area (Å²) in [6.45, 7) is 6.66. The number of hydrogen-bond donors (Lipinski definition) is 0. The maximum Gasteiger partial charge on any atom is 0.353 e. The van der Waals surface area contributed by atoms with Crippen LogP contribution in [-0.2, 0) is 18.5 Å². The topological polar surface area (TPSA) is 48.0 Å². The van der Waals surface area contributed by atoms with Crippen molar-refractivity contribution < 1.29 is 18.5 Å². The van der Waals surface area contributed by atoms with E-state index in [0.29, 0.717) is 13.2 Å². The van der Waals surface area contributed by atoms with E-state index in [1.54, 1.807) is 0 Å². The normalized spacial score (nSPS) is 21.6. The smallest absolute Gasteiger partial charge is 0.308 e. The minimum Gasteiger partial charge on any atom is -0.308 e. The Bertz CT molecular complexity index is 661. The first-order chi connectivity index (χ1) is 14.6. The third kappa shape index (κ3) is 5.19. The van der Waals surface area contributed by atoms with Crippen molar-refractivity contribution in [2.24, 2.45) is 0 Å². The van der Waals surface area contributed by atoms with Gasteiger partial charge in [0.25, 0.3) is 0 Å². The molecular weight excluding hydrogens is 397 g/mol. The van der Waals surface area contributed by atoms with Gasteiger partial charge in [-0.1, -0.05) is 68.9 Å². The zero-order valence-electron chi connectivity index (χ0n) is 19.1. The van der Waals surface area contributed by atoms with E-state index in [2.05, 4.69) is 24.1 Å². The predicted octanol–water partition coefficient (Wildman–Crippen LogP) is 7.24. The molecule has 1 aromatic carbocycles. The van der Waals surface area contributed by atoms with Crippen LogP contribution in [0.3, 0.4) is 0 Å². The van der Waals surface area contributed by atoms with Crippen molar-refractivity contribution in [2.45, 2.75) is 102 Å². The molecule has 5 nitrogen and oxygen atoms in total. The molecule has 0 spiro atoms. The molecule has 0 bridgehead atoms. The molecule has 2 saturated carbocycles. The second-order valence-corrected chi connectivity index (χ2v) is 11.0. The van der Waals surface area contributed by atoms with Gasteiger partial charge in [0, 0.05) is 6.04 Å². The van der Waals surface area contributed by atoms with Crippen LogP contribution in [0.1, 0.15) is 96.6 Å². The number of nitrogens with zero attached hydrogens (tertiary/aromatic N) is 1. The third-order valence-electron chi connectivity index (χ3n) is 6.62. The van der Waals surface area contributed by atoms with Gasteiger partial charge in [0.15, 0.2) is 0 Å². The summed E-state index contributed by atoms with van der Waals surface area (Å²) in [5.41, 5.74) is 1.13. The van der Waals surface area contributed by atoms with Crippen LogP contribution in [0.4, 0.5) is 0 Å². The molecule has 0 saturated heterocycles. The van der Waals surface area contributed by atoms with Gasteiger partial charge in [0.05, 0.1) is 13.2 Å². The molecule has 0 aliphatic heterocycles. The molecule has 3 rings (SSSR count). The van der Waals surface area contributed by atoms with Crippen molar-refractivity contribution in [1.82, 2.24) is 5.06 Å². The fraction of sp³-hybridized carbons (Fsp3) is 0.750. The second-order valence-electron chi connectivity index (χ2n) is 8.65. The van der Waals surface area contributed by atoms with Gasteiger partial charge in [-0.2, -0.15) is 5.06 Å². The van der Waals surface area contributed by atoms with Gasteiger partial charge in [-0.15, -0.1) is 0 Å². The molecule has 170 valence electrons. The molecule has 1 unspecified atom stereocenters. The lowest BCUT2D eigenvalue weighted by molar-refractivity contribution is -0.268. The summed E-state index contributed by atoms with van der Waals surface area (Å²) in [7, 11) is -3.40. The van der Waals surface area contributed by atoms with Gasteiger partial charge < -0.3 is 9.05 Å². The molecule has 0 N–H and O–H groups in total. The molecule has 2 aliphatic carbocycles. The first kappa shape index (κ1) is 23.9. The standard InChI is InChI=1S/C24H40NO4P/c1-4-27-30(26,28-5-2)24(19-13-8-14-20-24)25(23-17-11-7-12-18-23)29-21(3)22-15-9-6-10-16-22/h6,9-10,15-16,21,23H,4-5,7-8,11-14,17-20H2,1-3H3. The lowest BCUT2D eigenvalue weighted by atomic mass is 9.89. The highest BCUT2D eigenvalue weighted by Gasteiger charge is 2.58. The highest BCUT2D eigenvalue weighted by atomic mass is 31.2. The van der Waals surface area contributed by atoms with E-state index in [4.69, 9.17) is 13.9 Å². The Morgan fingerprint density at radius 3 is 2.10 bits per heavy atom. The first-order valence-electron chi connectivity index (χ1n) is 12.0. The van der Waals surface area contributed by atoms with Crippen LogP contribution in [0.5, 0.6) is 0 Å². The molecule has 2 fully saturated rings. The zero-order valence-corrected chi connectivity index (χ0v) is 19.9. The van der Waals surface area contributed by atoms with E-state index >= 15 is 0 Å². The van der Waals surface area contributed by atoms with Crippen LogP contribution in [0, 0.1) is 0 Å². The maximum atomic E-state index is 14.3. The Morgan fingerprint density at radius 2 is 1.53 bits per heavy atom. The van der Waals surface area contributed by atoms with Crippen LogP contribution in [0.2, 0.25) is 0 Å². The summed E-state index contributed by atoms with van der Waals surface area (Å²) in [5.74, 6) is 0. The fourth-order valence-corrected chi connectivity index (χ4v) is 7.70. The van der Waals surface area contributed by atoms with E-state index in [9.17, 15) is 4.57 Å². The van der Waals surface area contributed by atoms with Gasteiger partial charge in [-0.3, -0.25) is 9.40 Å². The second kappa shape index (κ2) is 11.2. The van der Waals surface area contributed by atoms with E-state index < -0.39 is 12.9 Å². The van der Waals surface area contributed by atoms with Crippen LogP contribution in [-0.4, -0.2) is 29.6 Å². The molecule has 30 heavy (non-hydrogen) atoms. The molecule has 0 aromatic heterocycles. The van der Waals surface area contributed by atoms with Crippen molar-refractivity contribution in [1.29, 1.82) is 0 Å². The lowest BCUT2D eigenvalue weighted by Gasteiger charge is -2.51. The molecule has 1 aromatic rings. The van der Waals surface area contributed by atoms with Gasteiger partial charge in [0.1, 0.15) is 11.4 Å². The van der Waals surface area contributed by atoms with E-state index in [1.165, 1.54) is 19.3 Å². The zero-order chi connectivity index (χ0) is 21.5. The van der Waals surface area contributed by atoms with Gasteiger partial charge in [0.2, 0.25) is 0 Å². The number of benzene rings is 1. The maximum absolute atomic E-state index is 14.3. The van der Waals surface area contributed by atoms with Gasteiger partial charge in [-0.25, -0.2) is 0 Å². The van der Waals surface area contributed by atoms with Crippen molar-refractivity contribution in [3.63, 3.8) is 0 Å². The van der Waals surface area contributed by atoms with E-state index in [1.807, 2.05) is 32.0 Å². The average Bonchev–Trinajstić information content (AvgIpc) is 2.79. The summed E-state index contributed by atoms with van der Waals surface area (Å²) in [5, 5.41) is 1.43.